The van der Waals surface area contributed by atoms with Crippen LogP contribution >= 0.6 is 11.6 Å². The van der Waals surface area contributed by atoms with Gasteiger partial charge in [-0.1, -0.05) is 11.6 Å². The summed E-state index contributed by atoms with van der Waals surface area (Å²) in [7, 11) is 1.25. The predicted octanol–water partition coefficient (Wildman–Crippen LogP) is 1.27. The lowest BCUT2D eigenvalue weighted by Crippen LogP contribution is -2.44. The van der Waals surface area contributed by atoms with Gasteiger partial charge in [0.05, 0.1) is 12.7 Å². The topological polar surface area (TPSA) is 89.7 Å². The third-order valence-electron chi connectivity index (χ3n) is 3.44. The molecule has 2 rings (SSSR count). The van der Waals surface area contributed by atoms with Gasteiger partial charge in [-0.05, 0) is 31.0 Å². The first-order valence-electron chi connectivity index (χ1n) is 6.44. The van der Waals surface area contributed by atoms with Crippen LogP contribution in [0.15, 0.2) is 18.2 Å². The highest BCUT2D eigenvalue weighted by atomic mass is 35.5. The van der Waals surface area contributed by atoms with Crippen LogP contribution in [-0.2, 0) is 14.3 Å². The van der Waals surface area contributed by atoms with Gasteiger partial charge in [0.25, 0.3) is 11.7 Å². The lowest BCUT2D eigenvalue weighted by atomic mass is 10.1. The lowest BCUT2D eigenvalue weighted by molar-refractivity contribution is -0.149. The highest BCUT2D eigenvalue weighted by Crippen LogP contribution is 2.23. The standard InChI is InChI=1S/C14H15ClN2O4/c1-21-14(20)11-3-2-6-17(11)13(19)12(18)9-7-8(15)4-5-10(9)16/h4-5,7,11H,2-3,6,16H2,1H3/t11-/m0/s1. The summed E-state index contributed by atoms with van der Waals surface area (Å²) < 4.78 is 4.65. The summed E-state index contributed by atoms with van der Waals surface area (Å²) in [6.45, 7) is 0.338. The average Bonchev–Trinajstić information content (AvgIpc) is 2.96. The Morgan fingerprint density at radius 3 is 2.76 bits per heavy atom. The van der Waals surface area contributed by atoms with Gasteiger partial charge in [0, 0.05) is 17.3 Å². The fourth-order valence-electron chi connectivity index (χ4n) is 2.36. The number of methoxy groups -OCH3 is 1. The van der Waals surface area contributed by atoms with E-state index in [1.807, 2.05) is 0 Å². The van der Waals surface area contributed by atoms with E-state index < -0.39 is 23.7 Å². The summed E-state index contributed by atoms with van der Waals surface area (Å²) in [6, 6.07) is 3.63. The molecule has 21 heavy (non-hydrogen) atoms. The Morgan fingerprint density at radius 2 is 2.10 bits per heavy atom. The predicted molar refractivity (Wildman–Crippen MR) is 76.9 cm³/mol. The molecule has 0 aliphatic carbocycles. The summed E-state index contributed by atoms with van der Waals surface area (Å²) in [6.07, 6.45) is 1.13. The molecule has 0 unspecified atom stereocenters. The van der Waals surface area contributed by atoms with Crippen LogP contribution in [0.2, 0.25) is 5.02 Å². The third-order valence-corrected chi connectivity index (χ3v) is 3.68. The summed E-state index contributed by atoms with van der Waals surface area (Å²) in [5, 5.41) is 0.311. The van der Waals surface area contributed by atoms with Crippen molar-refractivity contribution in [2.75, 3.05) is 19.4 Å². The number of nitrogen functional groups attached to an aromatic ring is 1. The van der Waals surface area contributed by atoms with E-state index in [4.69, 9.17) is 17.3 Å². The van der Waals surface area contributed by atoms with E-state index in [0.717, 1.165) is 0 Å². The molecule has 0 spiro atoms. The lowest BCUT2D eigenvalue weighted by Gasteiger charge is -2.22. The Balaban J connectivity index is 2.25. The Bertz CT molecular complexity index is 603. The molecule has 6 nitrogen and oxygen atoms in total. The monoisotopic (exact) mass is 310 g/mol. The molecule has 0 bridgehead atoms. The Morgan fingerprint density at radius 1 is 1.38 bits per heavy atom. The first-order valence-corrected chi connectivity index (χ1v) is 6.81. The molecule has 112 valence electrons. The molecule has 1 aromatic rings. The second kappa shape index (κ2) is 6.13. The van der Waals surface area contributed by atoms with Gasteiger partial charge in [-0.2, -0.15) is 0 Å². The first-order chi connectivity index (χ1) is 9.95. The van der Waals surface area contributed by atoms with Crippen LogP contribution in [0.3, 0.4) is 0 Å². The maximum atomic E-state index is 12.3. The van der Waals surface area contributed by atoms with Gasteiger partial charge in [0.1, 0.15) is 6.04 Å². The minimum atomic E-state index is -0.772. The zero-order valence-electron chi connectivity index (χ0n) is 11.5. The largest absolute Gasteiger partial charge is 0.467 e. The van der Waals surface area contributed by atoms with Crippen LogP contribution in [0, 0.1) is 0 Å². The number of anilines is 1. The van der Waals surface area contributed by atoms with Crippen LogP contribution in [0.4, 0.5) is 5.69 Å². The van der Waals surface area contributed by atoms with Crippen molar-refractivity contribution >= 4 is 34.9 Å². The van der Waals surface area contributed by atoms with E-state index >= 15 is 0 Å². The second-order valence-electron chi connectivity index (χ2n) is 4.74. The van der Waals surface area contributed by atoms with Crippen molar-refractivity contribution in [2.45, 2.75) is 18.9 Å². The molecule has 0 aromatic heterocycles. The van der Waals surface area contributed by atoms with Crippen molar-refractivity contribution in [3.63, 3.8) is 0 Å². The van der Waals surface area contributed by atoms with Crippen LogP contribution in [0.5, 0.6) is 0 Å². The van der Waals surface area contributed by atoms with Gasteiger partial charge in [-0.25, -0.2) is 4.79 Å². The summed E-state index contributed by atoms with van der Waals surface area (Å²) in [5.41, 5.74) is 5.92. The number of likely N-dealkylation sites (tertiary alicyclic amines) is 1. The molecule has 0 saturated carbocycles. The highest BCUT2D eigenvalue weighted by molar-refractivity contribution is 6.44. The molecule has 7 heteroatoms. The number of amides is 1. The number of benzene rings is 1. The number of rotatable bonds is 3. The number of hydrogen-bond donors (Lipinski definition) is 1. The number of Topliss-reactive ketones (excluding diaryl/α,β-unsaturated/α-hetero) is 1. The fraction of sp³-hybridized carbons (Fsp3) is 0.357. The molecule has 1 aromatic carbocycles. The van der Waals surface area contributed by atoms with Crippen LogP contribution in [-0.4, -0.2) is 42.3 Å². The van der Waals surface area contributed by atoms with Crippen molar-refractivity contribution in [3.05, 3.63) is 28.8 Å². The number of ketones is 1. The molecule has 1 amide bonds. The fourth-order valence-corrected chi connectivity index (χ4v) is 2.53. The minimum absolute atomic E-state index is 0.0445. The molecule has 1 saturated heterocycles. The number of nitrogens with zero attached hydrogens (tertiary/aromatic N) is 1. The second-order valence-corrected chi connectivity index (χ2v) is 5.18. The van der Waals surface area contributed by atoms with Gasteiger partial charge in [-0.3, -0.25) is 9.59 Å². The number of halogens is 1. The van der Waals surface area contributed by atoms with Gasteiger partial charge < -0.3 is 15.4 Å². The van der Waals surface area contributed by atoms with Gasteiger partial charge in [-0.15, -0.1) is 0 Å². The van der Waals surface area contributed by atoms with E-state index in [9.17, 15) is 14.4 Å². The number of nitrogens with two attached hydrogens (primary N) is 1. The van der Waals surface area contributed by atoms with Crippen molar-refractivity contribution in [1.29, 1.82) is 0 Å². The molecule has 0 radical (unpaired) electrons. The van der Waals surface area contributed by atoms with Gasteiger partial charge in [0.2, 0.25) is 0 Å². The normalized spacial score (nSPS) is 17.6. The van der Waals surface area contributed by atoms with Crippen LogP contribution in [0.1, 0.15) is 23.2 Å². The Hall–Kier alpha value is -2.08. The number of ether oxygens (including phenoxy) is 1. The molecule has 2 N–H and O–H groups in total. The smallest absolute Gasteiger partial charge is 0.328 e. The maximum absolute atomic E-state index is 12.3. The van der Waals surface area contributed by atoms with Crippen molar-refractivity contribution in [1.82, 2.24) is 4.90 Å². The maximum Gasteiger partial charge on any atom is 0.328 e. The number of hydrogen-bond acceptors (Lipinski definition) is 5. The molecule has 1 aliphatic rings. The number of carbonyl (C=O) groups excluding carboxylic acids is 3. The first kappa shape index (κ1) is 15.3. The van der Waals surface area contributed by atoms with Gasteiger partial charge >= 0.3 is 5.97 Å². The molecule has 1 atom stereocenters. The van der Waals surface area contributed by atoms with Crippen LogP contribution in [0.25, 0.3) is 0 Å². The Kier molecular flexibility index (Phi) is 4.47. The van der Waals surface area contributed by atoms with E-state index in [1.54, 1.807) is 0 Å². The summed E-state index contributed by atoms with van der Waals surface area (Å²) in [4.78, 5) is 37.5. The van der Waals surface area contributed by atoms with E-state index in [0.29, 0.717) is 24.4 Å². The highest BCUT2D eigenvalue weighted by Gasteiger charge is 2.38. The van der Waals surface area contributed by atoms with Crippen molar-refractivity contribution in [2.24, 2.45) is 0 Å². The number of carbonyl (C=O) groups is 3. The summed E-state index contributed by atoms with van der Waals surface area (Å²) >= 11 is 5.82. The van der Waals surface area contributed by atoms with Gasteiger partial charge in [0.15, 0.2) is 0 Å². The molecule has 1 aliphatic heterocycles. The minimum Gasteiger partial charge on any atom is -0.467 e. The van der Waals surface area contributed by atoms with Crippen molar-refractivity contribution < 1.29 is 19.1 Å². The third kappa shape index (κ3) is 3.00. The van der Waals surface area contributed by atoms with E-state index in [1.165, 1.54) is 30.2 Å². The Labute approximate surface area is 126 Å². The molecular formula is C14H15ClN2O4. The zero-order valence-corrected chi connectivity index (χ0v) is 12.2. The molecule has 1 fully saturated rings. The van der Waals surface area contributed by atoms with E-state index in [-0.39, 0.29) is 11.3 Å². The molecular weight excluding hydrogens is 296 g/mol. The average molecular weight is 311 g/mol. The molecule has 1 heterocycles. The summed E-state index contributed by atoms with van der Waals surface area (Å²) in [5.74, 6) is -2.06. The quantitative estimate of drug-likeness (QED) is 0.393. The SMILES string of the molecule is COC(=O)[C@@H]1CCCN1C(=O)C(=O)c1cc(Cl)ccc1N. The van der Waals surface area contributed by atoms with E-state index in [2.05, 4.69) is 4.74 Å². The van der Waals surface area contributed by atoms with Crippen molar-refractivity contribution in [3.8, 4) is 0 Å². The zero-order chi connectivity index (χ0) is 15.6. The number of esters is 1. The van der Waals surface area contributed by atoms with Crippen LogP contribution < -0.4 is 5.73 Å².